The van der Waals surface area contributed by atoms with Crippen LogP contribution in [0, 0.1) is 0 Å². The molecule has 3 heteroatoms. The van der Waals surface area contributed by atoms with Crippen LogP contribution in [0.15, 0.2) is 36.5 Å². The van der Waals surface area contributed by atoms with Gasteiger partial charge in [-0.25, -0.2) is 0 Å². The molecule has 1 aliphatic carbocycles. The van der Waals surface area contributed by atoms with Crippen molar-refractivity contribution in [2.24, 2.45) is 0 Å². The number of anilines is 1. The van der Waals surface area contributed by atoms with E-state index in [4.69, 9.17) is 0 Å². The van der Waals surface area contributed by atoms with Crippen molar-refractivity contribution < 1.29 is 0 Å². The molecule has 1 N–H and O–H groups in total. The number of hydrogen-bond acceptors (Lipinski definition) is 3. The van der Waals surface area contributed by atoms with Crippen molar-refractivity contribution in [1.82, 2.24) is 10.3 Å². The van der Waals surface area contributed by atoms with Crippen molar-refractivity contribution in [2.45, 2.75) is 37.8 Å². The highest BCUT2D eigenvalue weighted by Crippen LogP contribution is 2.28. The van der Waals surface area contributed by atoms with Gasteiger partial charge in [-0.05, 0) is 37.8 Å². The molecule has 1 aliphatic heterocycles. The largest absolute Gasteiger partial charge is 0.368 e. The highest BCUT2D eigenvalue weighted by atomic mass is 15.2. The van der Waals surface area contributed by atoms with Crippen LogP contribution < -0.4 is 10.2 Å². The van der Waals surface area contributed by atoms with Gasteiger partial charge in [-0.15, -0.1) is 0 Å². The number of nitrogens with one attached hydrogen (secondary N) is 1. The fourth-order valence-corrected chi connectivity index (χ4v) is 3.26. The minimum atomic E-state index is 0.648. The Balaban J connectivity index is 1.61. The Bertz CT molecular complexity index is 601. The smallest absolute Gasteiger partial charge is 0.0935 e. The minimum Gasteiger partial charge on any atom is -0.368 e. The topological polar surface area (TPSA) is 28.2 Å². The van der Waals surface area contributed by atoms with Gasteiger partial charge in [0, 0.05) is 36.8 Å². The van der Waals surface area contributed by atoms with Crippen LogP contribution in [-0.4, -0.2) is 30.2 Å². The number of hydrogen-bond donors (Lipinski definition) is 1. The van der Waals surface area contributed by atoms with Crippen LogP contribution in [0.3, 0.4) is 0 Å². The molecule has 2 aromatic rings. The van der Waals surface area contributed by atoms with Gasteiger partial charge in [-0.3, -0.25) is 4.98 Å². The molecular formula is C17H21N3. The van der Waals surface area contributed by atoms with E-state index < -0.39 is 0 Å². The van der Waals surface area contributed by atoms with Crippen molar-refractivity contribution in [2.75, 3.05) is 18.0 Å². The van der Waals surface area contributed by atoms with Gasteiger partial charge in [0.15, 0.2) is 0 Å². The lowest BCUT2D eigenvalue weighted by Crippen LogP contribution is -2.46. The molecular weight excluding hydrogens is 246 g/mol. The summed E-state index contributed by atoms with van der Waals surface area (Å²) in [5, 5.41) is 5.02. The van der Waals surface area contributed by atoms with Crippen molar-refractivity contribution in [3.63, 3.8) is 0 Å². The zero-order valence-electron chi connectivity index (χ0n) is 11.8. The quantitative estimate of drug-likeness (QED) is 0.926. The van der Waals surface area contributed by atoms with E-state index in [2.05, 4.69) is 39.5 Å². The van der Waals surface area contributed by atoms with E-state index in [0.29, 0.717) is 6.04 Å². The first-order valence-corrected chi connectivity index (χ1v) is 7.75. The molecule has 1 aromatic heterocycles. The molecule has 20 heavy (non-hydrogen) atoms. The number of aromatic nitrogens is 1. The third kappa shape index (κ3) is 2.38. The number of nitrogens with zero attached hydrogens (tertiary/aromatic N) is 2. The highest BCUT2D eigenvalue weighted by molar-refractivity contribution is 5.90. The molecule has 2 heterocycles. The van der Waals surface area contributed by atoms with Gasteiger partial charge < -0.3 is 10.2 Å². The molecule has 2 fully saturated rings. The van der Waals surface area contributed by atoms with Gasteiger partial charge in [0.25, 0.3) is 0 Å². The number of fused-ring (bicyclic) bond motifs is 1. The van der Waals surface area contributed by atoms with Crippen LogP contribution in [0.1, 0.15) is 25.7 Å². The SMILES string of the molecule is c1cnc2c(N3CCCC(NC4CC4)C3)cccc2c1. The summed E-state index contributed by atoms with van der Waals surface area (Å²) >= 11 is 0. The Kier molecular flexibility index (Phi) is 3.07. The van der Waals surface area contributed by atoms with E-state index in [1.807, 2.05) is 12.3 Å². The maximum Gasteiger partial charge on any atom is 0.0935 e. The molecule has 0 spiro atoms. The number of piperidine rings is 1. The normalized spacial score (nSPS) is 23.2. The summed E-state index contributed by atoms with van der Waals surface area (Å²) in [4.78, 5) is 7.11. The van der Waals surface area contributed by atoms with Gasteiger partial charge in [0.1, 0.15) is 0 Å². The van der Waals surface area contributed by atoms with E-state index in [-0.39, 0.29) is 0 Å². The zero-order chi connectivity index (χ0) is 13.4. The molecule has 104 valence electrons. The summed E-state index contributed by atoms with van der Waals surface area (Å²) in [6.45, 7) is 2.27. The number of rotatable bonds is 3. The standard InChI is InChI=1S/C17H21N3/c1-4-13-5-2-10-18-17(13)16(7-1)20-11-3-6-15(12-20)19-14-8-9-14/h1-2,4-5,7,10,14-15,19H,3,6,8-9,11-12H2. The van der Waals surface area contributed by atoms with Gasteiger partial charge in [-0.2, -0.15) is 0 Å². The Morgan fingerprint density at radius 2 is 1.95 bits per heavy atom. The molecule has 3 nitrogen and oxygen atoms in total. The molecule has 0 bridgehead atoms. The molecule has 0 radical (unpaired) electrons. The van der Waals surface area contributed by atoms with E-state index in [0.717, 1.165) is 24.6 Å². The summed E-state index contributed by atoms with van der Waals surface area (Å²) in [6.07, 6.45) is 7.22. The maximum absolute atomic E-state index is 4.59. The first-order valence-electron chi connectivity index (χ1n) is 7.75. The van der Waals surface area contributed by atoms with Crippen molar-refractivity contribution >= 4 is 16.6 Å². The van der Waals surface area contributed by atoms with Crippen molar-refractivity contribution in [3.05, 3.63) is 36.5 Å². The predicted octanol–water partition coefficient (Wildman–Crippen LogP) is 2.96. The van der Waals surface area contributed by atoms with Crippen LogP contribution >= 0.6 is 0 Å². The first kappa shape index (κ1) is 12.2. The van der Waals surface area contributed by atoms with Gasteiger partial charge in [0.05, 0.1) is 11.2 Å². The van der Waals surface area contributed by atoms with Gasteiger partial charge >= 0.3 is 0 Å². The average molecular weight is 267 g/mol. The monoisotopic (exact) mass is 267 g/mol. The summed E-state index contributed by atoms with van der Waals surface area (Å²) < 4.78 is 0. The number of para-hydroxylation sites is 1. The first-order chi connectivity index (χ1) is 9.90. The second-order valence-corrected chi connectivity index (χ2v) is 6.08. The lowest BCUT2D eigenvalue weighted by molar-refractivity contribution is 0.421. The second kappa shape index (κ2) is 5.06. The van der Waals surface area contributed by atoms with Crippen LogP contribution in [0.2, 0.25) is 0 Å². The Hall–Kier alpha value is -1.61. The lowest BCUT2D eigenvalue weighted by Gasteiger charge is -2.35. The molecule has 1 atom stereocenters. The number of benzene rings is 1. The van der Waals surface area contributed by atoms with Crippen molar-refractivity contribution in [1.29, 1.82) is 0 Å². The summed E-state index contributed by atoms with van der Waals surface area (Å²) in [5.74, 6) is 0. The minimum absolute atomic E-state index is 0.648. The third-order valence-electron chi connectivity index (χ3n) is 4.42. The van der Waals surface area contributed by atoms with Crippen LogP contribution in [0.5, 0.6) is 0 Å². The van der Waals surface area contributed by atoms with Crippen LogP contribution in [0.4, 0.5) is 5.69 Å². The Morgan fingerprint density at radius 3 is 2.85 bits per heavy atom. The maximum atomic E-state index is 4.59. The summed E-state index contributed by atoms with van der Waals surface area (Å²) in [6, 6.07) is 12.1. The summed E-state index contributed by atoms with van der Waals surface area (Å²) in [7, 11) is 0. The molecule has 0 amide bonds. The average Bonchev–Trinajstić information content (AvgIpc) is 3.31. The van der Waals surface area contributed by atoms with E-state index in [9.17, 15) is 0 Å². The number of pyridine rings is 1. The summed E-state index contributed by atoms with van der Waals surface area (Å²) in [5.41, 5.74) is 2.44. The predicted molar refractivity (Wildman–Crippen MR) is 83.1 cm³/mol. The molecule has 1 unspecified atom stereocenters. The van der Waals surface area contributed by atoms with Crippen LogP contribution in [0.25, 0.3) is 10.9 Å². The van der Waals surface area contributed by atoms with Gasteiger partial charge in [0.2, 0.25) is 0 Å². The molecule has 4 rings (SSSR count). The zero-order valence-corrected chi connectivity index (χ0v) is 11.8. The third-order valence-corrected chi connectivity index (χ3v) is 4.42. The fraction of sp³-hybridized carbons (Fsp3) is 0.471. The molecule has 1 saturated heterocycles. The Morgan fingerprint density at radius 1 is 1.05 bits per heavy atom. The van der Waals surface area contributed by atoms with Crippen molar-refractivity contribution in [3.8, 4) is 0 Å². The highest BCUT2D eigenvalue weighted by Gasteiger charge is 2.28. The van der Waals surface area contributed by atoms with E-state index in [1.165, 1.54) is 36.8 Å². The van der Waals surface area contributed by atoms with Gasteiger partial charge in [-0.1, -0.05) is 18.2 Å². The van der Waals surface area contributed by atoms with Crippen LogP contribution in [-0.2, 0) is 0 Å². The Labute approximate surface area is 120 Å². The fourth-order valence-electron chi connectivity index (χ4n) is 3.26. The molecule has 2 aliphatic rings. The lowest BCUT2D eigenvalue weighted by atomic mass is 10.0. The molecule has 1 saturated carbocycles. The second-order valence-electron chi connectivity index (χ2n) is 6.08. The van der Waals surface area contributed by atoms with E-state index >= 15 is 0 Å². The van der Waals surface area contributed by atoms with E-state index in [1.54, 1.807) is 0 Å². The molecule has 1 aromatic carbocycles.